The van der Waals surface area contributed by atoms with Crippen molar-refractivity contribution in [3.63, 3.8) is 0 Å². The molecule has 0 saturated carbocycles. The number of hydrogen-bond donors (Lipinski definition) is 0. The van der Waals surface area contributed by atoms with E-state index in [1.54, 1.807) is 35.6 Å². The minimum Gasteiger partial charge on any atom is -0.296 e. The van der Waals surface area contributed by atoms with Crippen molar-refractivity contribution in [2.75, 3.05) is 32.8 Å². The molecule has 2 aliphatic heterocycles. The minimum atomic E-state index is -0.170. The highest BCUT2D eigenvalue weighted by Crippen LogP contribution is 2.23. The third kappa shape index (κ3) is 2.88. The molecule has 0 bridgehead atoms. The van der Waals surface area contributed by atoms with Crippen molar-refractivity contribution in [3.8, 4) is 0 Å². The minimum absolute atomic E-state index is 0.170. The topological polar surface area (TPSA) is 43.9 Å². The van der Waals surface area contributed by atoms with Gasteiger partial charge in [-0.2, -0.15) is 0 Å². The molecule has 2 aromatic rings. The molecule has 0 aliphatic carbocycles. The number of carbonyl (C=O) groups is 2. The summed E-state index contributed by atoms with van der Waals surface area (Å²) in [6, 6.07) is 11.3. The molecule has 6 heteroatoms. The van der Waals surface area contributed by atoms with Gasteiger partial charge in [0.05, 0.1) is 17.8 Å². The van der Waals surface area contributed by atoms with Gasteiger partial charge in [0.1, 0.15) is 0 Å². The Kier molecular flexibility index (Phi) is 4.18. The van der Waals surface area contributed by atoms with Crippen LogP contribution in [-0.2, 0) is 6.54 Å². The van der Waals surface area contributed by atoms with Crippen LogP contribution in [0.3, 0.4) is 0 Å². The Labute approximate surface area is 145 Å². The summed E-state index contributed by atoms with van der Waals surface area (Å²) < 4.78 is 0. The predicted octanol–water partition coefficient (Wildman–Crippen LogP) is 2.12. The maximum Gasteiger partial charge on any atom is 0.262 e. The largest absolute Gasteiger partial charge is 0.296 e. The Bertz CT molecular complexity index is 716. The number of benzene rings is 1. The first-order chi connectivity index (χ1) is 11.7. The van der Waals surface area contributed by atoms with Crippen LogP contribution in [0, 0.1) is 0 Å². The number of piperazine rings is 1. The third-order valence-corrected chi connectivity index (χ3v) is 5.51. The van der Waals surface area contributed by atoms with Crippen molar-refractivity contribution >= 4 is 23.2 Å². The lowest BCUT2D eigenvalue weighted by Crippen LogP contribution is -2.50. The van der Waals surface area contributed by atoms with Gasteiger partial charge < -0.3 is 0 Å². The van der Waals surface area contributed by atoms with Crippen molar-refractivity contribution in [3.05, 3.63) is 57.8 Å². The fourth-order valence-corrected chi connectivity index (χ4v) is 4.03. The lowest BCUT2D eigenvalue weighted by molar-refractivity contribution is 0.0448. The highest BCUT2D eigenvalue weighted by atomic mass is 32.1. The molecule has 3 heterocycles. The van der Waals surface area contributed by atoms with Crippen LogP contribution in [0.5, 0.6) is 0 Å². The number of carbonyl (C=O) groups excluding carboxylic acids is 2. The second kappa shape index (κ2) is 6.47. The van der Waals surface area contributed by atoms with Gasteiger partial charge in [-0.05, 0) is 23.6 Å². The van der Waals surface area contributed by atoms with Gasteiger partial charge in [-0.1, -0.05) is 18.2 Å². The third-order valence-electron chi connectivity index (χ3n) is 4.64. The van der Waals surface area contributed by atoms with Gasteiger partial charge in [0.25, 0.3) is 11.8 Å². The monoisotopic (exact) mass is 341 g/mol. The van der Waals surface area contributed by atoms with E-state index >= 15 is 0 Å². The number of fused-ring (bicyclic) bond motifs is 1. The van der Waals surface area contributed by atoms with Crippen molar-refractivity contribution in [2.24, 2.45) is 0 Å². The lowest BCUT2D eigenvalue weighted by atomic mass is 10.1. The van der Waals surface area contributed by atoms with Gasteiger partial charge in [-0.15, -0.1) is 11.3 Å². The average Bonchev–Trinajstić information content (AvgIpc) is 3.20. The number of rotatable bonds is 4. The van der Waals surface area contributed by atoms with Crippen LogP contribution in [0.1, 0.15) is 25.6 Å². The van der Waals surface area contributed by atoms with Crippen LogP contribution < -0.4 is 0 Å². The molecule has 0 spiro atoms. The van der Waals surface area contributed by atoms with Crippen LogP contribution in [-0.4, -0.2) is 59.4 Å². The molecule has 0 N–H and O–H groups in total. The van der Waals surface area contributed by atoms with Crippen molar-refractivity contribution < 1.29 is 9.59 Å². The first-order valence-electron chi connectivity index (χ1n) is 8.15. The molecule has 5 nitrogen and oxygen atoms in total. The molecule has 1 aromatic heterocycles. The second-order valence-corrected chi connectivity index (χ2v) is 7.23. The summed E-state index contributed by atoms with van der Waals surface area (Å²) in [6.07, 6.45) is 0. The van der Waals surface area contributed by atoms with Crippen LogP contribution in [0.15, 0.2) is 41.8 Å². The molecule has 124 valence electrons. The molecule has 0 atom stereocenters. The first kappa shape index (κ1) is 15.5. The zero-order valence-electron chi connectivity index (χ0n) is 13.4. The smallest absolute Gasteiger partial charge is 0.262 e. The van der Waals surface area contributed by atoms with Gasteiger partial charge in [-0.3, -0.25) is 24.3 Å². The number of imide groups is 1. The molecule has 2 aliphatic rings. The number of thiophene rings is 1. The Hall–Kier alpha value is -2.02. The maximum absolute atomic E-state index is 12.4. The van der Waals surface area contributed by atoms with E-state index in [4.69, 9.17) is 0 Å². The standard InChI is InChI=1S/C18H19N3O2S/c22-17-15-5-1-2-6-16(15)18(23)21(17)13-20-9-7-19(8-10-20)12-14-4-3-11-24-14/h1-6,11H,7-10,12-13H2. The summed E-state index contributed by atoms with van der Waals surface area (Å²) in [5.74, 6) is -0.340. The molecule has 2 amide bonds. The summed E-state index contributed by atoms with van der Waals surface area (Å²) in [5, 5.41) is 2.11. The molecule has 1 fully saturated rings. The van der Waals surface area contributed by atoms with Crippen molar-refractivity contribution in [2.45, 2.75) is 6.54 Å². The van der Waals surface area contributed by atoms with E-state index in [0.717, 1.165) is 32.7 Å². The Balaban J connectivity index is 1.35. The van der Waals surface area contributed by atoms with E-state index < -0.39 is 0 Å². The Morgan fingerprint density at radius 2 is 1.46 bits per heavy atom. The highest BCUT2D eigenvalue weighted by molar-refractivity contribution is 7.09. The number of hydrogen-bond acceptors (Lipinski definition) is 5. The maximum atomic E-state index is 12.4. The zero-order chi connectivity index (χ0) is 16.5. The lowest BCUT2D eigenvalue weighted by Gasteiger charge is -2.35. The zero-order valence-corrected chi connectivity index (χ0v) is 14.2. The average molecular weight is 341 g/mol. The number of nitrogens with zero attached hydrogens (tertiary/aromatic N) is 3. The van der Waals surface area contributed by atoms with Gasteiger partial charge in [-0.25, -0.2) is 0 Å². The van der Waals surface area contributed by atoms with Gasteiger partial charge >= 0.3 is 0 Å². The van der Waals surface area contributed by atoms with E-state index in [0.29, 0.717) is 17.8 Å². The summed E-state index contributed by atoms with van der Waals surface area (Å²) >= 11 is 1.78. The molecule has 0 radical (unpaired) electrons. The summed E-state index contributed by atoms with van der Waals surface area (Å²) in [4.78, 5) is 32.2. The van der Waals surface area contributed by atoms with Crippen LogP contribution in [0.25, 0.3) is 0 Å². The quantitative estimate of drug-likeness (QED) is 0.799. The van der Waals surface area contributed by atoms with E-state index in [1.165, 1.54) is 9.78 Å². The first-order valence-corrected chi connectivity index (χ1v) is 9.02. The molecule has 24 heavy (non-hydrogen) atoms. The SMILES string of the molecule is O=C1c2ccccc2C(=O)N1CN1CCN(Cc2cccs2)CC1. The fourth-order valence-electron chi connectivity index (χ4n) is 3.28. The van der Waals surface area contributed by atoms with Gasteiger partial charge in [0.2, 0.25) is 0 Å². The Morgan fingerprint density at radius 1 is 0.833 bits per heavy atom. The summed E-state index contributed by atoms with van der Waals surface area (Å²) in [6.45, 7) is 5.04. The Morgan fingerprint density at radius 3 is 2.04 bits per heavy atom. The van der Waals surface area contributed by atoms with Gasteiger partial charge in [0, 0.05) is 37.6 Å². The molecule has 1 saturated heterocycles. The van der Waals surface area contributed by atoms with Gasteiger partial charge in [0.15, 0.2) is 0 Å². The van der Waals surface area contributed by atoms with E-state index in [-0.39, 0.29) is 11.8 Å². The predicted molar refractivity (Wildman–Crippen MR) is 93.0 cm³/mol. The van der Waals surface area contributed by atoms with Crippen LogP contribution in [0.2, 0.25) is 0 Å². The van der Waals surface area contributed by atoms with E-state index in [2.05, 4.69) is 27.3 Å². The van der Waals surface area contributed by atoms with E-state index in [9.17, 15) is 9.59 Å². The number of amides is 2. The molecular formula is C18H19N3O2S. The van der Waals surface area contributed by atoms with Crippen LogP contribution in [0.4, 0.5) is 0 Å². The molecule has 1 aromatic carbocycles. The second-order valence-electron chi connectivity index (χ2n) is 6.20. The van der Waals surface area contributed by atoms with Crippen molar-refractivity contribution in [1.29, 1.82) is 0 Å². The highest BCUT2D eigenvalue weighted by Gasteiger charge is 2.36. The normalized spacial score (nSPS) is 19.1. The van der Waals surface area contributed by atoms with Crippen LogP contribution >= 0.6 is 11.3 Å². The molecule has 0 unspecified atom stereocenters. The molecule has 4 rings (SSSR count). The van der Waals surface area contributed by atoms with E-state index in [1.807, 2.05) is 0 Å². The summed E-state index contributed by atoms with van der Waals surface area (Å²) in [5.41, 5.74) is 1.05. The fraction of sp³-hybridized carbons (Fsp3) is 0.333. The van der Waals surface area contributed by atoms with Crippen molar-refractivity contribution in [1.82, 2.24) is 14.7 Å². The molecular weight excluding hydrogens is 322 g/mol. The summed E-state index contributed by atoms with van der Waals surface area (Å²) in [7, 11) is 0.